The molecular weight excluding hydrogens is 320 g/mol. The van der Waals surface area contributed by atoms with Gasteiger partial charge in [0.05, 0.1) is 5.69 Å². The van der Waals surface area contributed by atoms with E-state index in [0.29, 0.717) is 0 Å². The molecule has 2 aromatic rings. The van der Waals surface area contributed by atoms with E-state index in [4.69, 9.17) is 4.52 Å². The Morgan fingerprint density at radius 1 is 1.12 bits per heavy atom. The summed E-state index contributed by atoms with van der Waals surface area (Å²) in [7, 11) is 2.01. The predicted octanol–water partition coefficient (Wildman–Crippen LogP) is 6.04. The first-order chi connectivity index (χ1) is 12.8. The molecule has 3 heteroatoms. The lowest BCUT2D eigenvalue weighted by molar-refractivity contribution is 0.398. The summed E-state index contributed by atoms with van der Waals surface area (Å²) in [5.74, 6) is 1.79. The number of fused-ring (bicyclic) bond motifs is 1. The average molecular weight is 357 g/mol. The van der Waals surface area contributed by atoms with Gasteiger partial charge in [-0.1, -0.05) is 63.6 Å². The van der Waals surface area contributed by atoms with Gasteiger partial charge in [-0.25, -0.2) is 0 Å². The number of rotatable bonds is 12. The maximum Gasteiger partial charge on any atom is 0.171 e. The van der Waals surface area contributed by atoms with Crippen LogP contribution in [0.25, 0.3) is 11.0 Å². The van der Waals surface area contributed by atoms with E-state index in [2.05, 4.69) is 36.5 Å². The highest BCUT2D eigenvalue weighted by molar-refractivity contribution is 5.83. The van der Waals surface area contributed by atoms with Crippen LogP contribution in [-0.2, 0) is 19.4 Å². The van der Waals surface area contributed by atoms with Crippen LogP contribution in [0.3, 0.4) is 0 Å². The van der Waals surface area contributed by atoms with Crippen molar-refractivity contribution in [1.29, 1.82) is 0 Å². The highest BCUT2D eigenvalue weighted by atomic mass is 16.5. The molecule has 1 aliphatic carbocycles. The molecule has 0 unspecified atom stereocenters. The van der Waals surface area contributed by atoms with Gasteiger partial charge >= 0.3 is 0 Å². The van der Waals surface area contributed by atoms with Crippen molar-refractivity contribution in [2.75, 3.05) is 7.05 Å². The minimum Gasteiger partial charge on any atom is -0.356 e. The first-order valence-corrected chi connectivity index (χ1v) is 10.8. The summed E-state index contributed by atoms with van der Waals surface area (Å²) >= 11 is 0. The zero-order chi connectivity index (χ0) is 18.4. The second-order valence-electron chi connectivity index (χ2n) is 8.20. The second-order valence-corrected chi connectivity index (χ2v) is 8.20. The molecule has 1 aliphatic rings. The van der Waals surface area contributed by atoms with Crippen molar-refractivity contribution in [2.45, 2.75) is 84.6 Å². The van der Waals surface area contributed by atoms with Crippen molar-refractivity contribution >= 4 is 11.0 Å². The van der Waals surface area contributed by atoms with Crippen LogP contribution in [0.4, 0.5) is 0 Å². The van der Waals surface area contributed by atoms with E-state index in [1.807, 2.05) is 7.05 Å². The van der Waals surface area contributed by atoms with Crippen LogP contribution in [0.2, 0.25) is 0 Å². The van der Waals surface area contributed by atoms with Crippen LogP contribution >= 0.6 is 0 Å². The second kappa shape index (κ2) is 9.55. The van der Waals surface area contributed by atoms with Gasteiger partial charge in [0, 0.05) is 17.5 Å². The smallest absolute Gasteiger partial charge is 0.171 e. The van der Waals surface area contributed by atoms with Gasteiger partial charge in [0.2, 0.25) is 0 Å². The standard InChI is InChI=1S/C23H36N2O/c1-4-6-17(7-5-2)11-15-22-20-14-13-19(12-10-18-8-9-18)21(16-24-3)23(20)26-25-22/h13-14,17-18,24H,4-12,15-16H2,1-3H3. The lowest BCUT2D eigenvalue weighted by Gasteiger charge is -2.14. The SMILES string of the molecule is CCCC(CCC)CCc1noc2c(CNC)c(CCC3CC3)ccc12. The third kappa shape index (κ3) is 4.88. The van der Waals surface area contributed by atoms with Crippen molar-refractivity contribution in [2.24, 2.45) is 11.8 Å². The molecule has 3 nitrogen and oxygen atoms in total. The first kappa shape index (κ1) is 19.4. The van der Waals surface area contributed by atoms with E-state index >= 15 is 0 Å². The van der Waals surface area contributed by atoms with Gasteiger partial charge in [0.1, 0.15) is 0 Å². The number of hydrogen-bond acceptors (Lipinski definition) is 3. The lowest BCUT2D eigenvalue weighted by Crippen LogP contribution is -2.08. The van der Waals surface area contributed by atoms with E-state index < -0.39 is 0 Å². The molecule has 1 fully saturated rings. The quantitative estimate of drug-likeness (QED) is 0.504. The third-order valence-electron chi connectivity index (χ3n) is 5.97. The molecule has 0 amide bonds. The molecule has 0 saturated heterocycles. The summed E-state index contributed by atoms with van der Waals surface area (Å²) in [6.07, 6.45) is 12.8. The first-order valence-electron chi connectivity index (χ1n) is 10.8. The molecule has 1 heterocycles. The molecule has 1 aromatic carbocycles. The van der Waals surface area contributed by atoms with E-state index in [9.17, 15) is 0 Å². The number of nitrogens with zero attached hydrogens (tertiary/aromatic N) is 1. The average Bonchev–Trinajstić information content (AvgIpc) is 3.38. The molecule has 1 saturated carbocycles. The molecule has 0 aliphatic heterocycles. The van der Waals surface area contributed by atoms with Crippen molar-refractivity contribution in [3.63, 3.8) is 0 Å². The minimum absolute atomic E-state index is 0.825. The van der Waals surface area contributed by atoms with E-state index in [-0.39, 0.29) is 0 Å². The predicted molar refractivity (Wildman–Crippen MR) is 109 cm³/mol. The van der Waals surface area contributed by atoms with Crippen molar-refractivity contribution in [1.82, 2.24) is 10.5 Å². The fourth-order valence-corrected chi connectivity index (χ4v) is 4.29. The van der Waals surface area contributed by atoms with Crippen LogP contribution in [0.5, 0.6) is 0 Å². The lowest BCUT2D eigenvalue weighted by atomic mass is 9.91. The zero-order valence-electron chi connectivity index (χ0n) is 16.9. The molecule has 0 bridgehead atoms. The summed E-state index contributed by atoms with van der Waals surface area (Å²) in [6.45, 7) is 5.45. The molecule has 1 N–H and O–H groups in total. The Balaban J connectivity index is 1.76. The van der Waals surface area contributed by atoms with Crippen LogP contribution in [0.15, 0.2) is 16.7 Å². The molecule has 144 valence electrons. The van der Waals surface area contributed by atoms with Crippen molar-refractivity contribution < 1.29 is 4.52 Å². The van der Waals surface area contributed by atoms with Gasteiger partial charge in [-0.05, 0) is 56.2 Å². The van der Waals surface area contributed by atoms with Crippen molar-refractivity contribution in [3.05, 3.63) is 29.0 Å². The van der Waals surface area contributed by atoms with Gasteiger partial charge < -0.3 is 9.84 Å². The number of aromatic nitrogens is 1. The molecule has 26 heavy (non-hydrogen) atoms. The molecule has 1 aromatic heterocycles. The van der Waals surface area contributed by atoms with Gasteiger partial charge in [0.15, 0.2) is 5.58 Å². The summed E-state index contributed by atoms with van der Waals surface area (Å²) in [5, 5.41) is 9.03. The Hall–Kier alpha value is -1.35. The Labute approximate surface area is 158 Å². The summed E-state index contributed by atoms with van der Waals surface area (Å²) in [4.78, 5) is 0. The Kier molecular flexibility index (Phi) is 7.13. The third-order valence-corrected chi connectivity index (χ3v) is 5.97. The van der Waals surface area contributed by atoms with Crippen LogP contribution < -0.4 is 5.32 Å². The van der Waals surface area contributed by atoms with Crippen LogP contribution in [0.1, 0.15) is 82.0 Å². The highest BCUT2D eigenvalue weighted by Crippen LogP contribution is 2.35. The molecule has 0 radical (unpaired) electrons. The molecule has 0 spiro atoms. The van der Waals surface area contributed by atoms with Gasteiger partial charge in [-0.2, -0.15) is 0 Å². The summed E-state index contributed by atoms with van der Waals surface area (Å²) in [5.41, 5.74) is 4.94. The zero-order valence-corrected chi connectivity index (χ0v) is 16.9. The largest absolute Gasteiger partial charge is 0.356 e. The van der Waals surface area contributed by atoms with E-state index in [1.165, 1.54) is 74.3 Å². The van der Waals surface area contributed by atoms with E-state index in [0.717, 1.165) is 36.1 Å². The number of nitrogens with one attached hydrogen (secondary N) is 1. The Bertz CT molecular complexity index is 681. The molecule has 0 atom stereocenters. The van der Waals surface area contributed by atoms with Crippen LogP contribution in [0, 0.1) is 11.8 Å². The van der Waals surface area contributed by atoms with E-state index in [1.54, 1.807) is 0 Å². The van der Waals surface area contributed by atoms with Gasteiger partial charge in [0.25, 0.3) is 0 Å². The van der Waals surface area contributed by atoms with Gasteiger partial charge in [-0.15, -0.1) is 0 Å². The monoisotopic (exact) mass is 356 g/mol. The van der Waals surface area contributed by atoms with Gasteiger partial charge in [-0.3, -0.25) is 0 Å². The Morgan fingerprint density at radius 3 is 2.54 bits per heavy atom. The molecular formula is C23H36N2O. The Morgan fingerprint density at radius 2 is 1.88 bits per heavy atom. The van der Waals surface area contributed by atoms with Crippen LogP contribution in [-0.4, -0.2) is 12.2 Å². The maximum absolute atomic E-state index is 5.86. The van der Waals surface area contributed by atoms with Crippen molar-refractivity contribution in [3.8, 4) is 0 Å². The number of aryl methyl sites for hydroxylation is 2. The fourth-order valence-electron chi connectivity index (χ4n) is 4.29. The number of hydrogen-bond donors (Lipinski definition) is 1. The maximum atomic E-state index is 5.86. The summed E-state index contributed by atoms with van der Waals surface area (Å²) < 4.78 is 5.86. The topological polar surface area (TPSA) is 38.1 Å². The molecule has 3 rings (SSSR count). The fraction of sp³-hybridized carbons (Fsp3) is 0.696. The highest BCUT2D eigenvalue weighted by Gasteiger charge is 2.22. The normalized spacial score (nSPS) is 14.6. The number of benzene rings is 1. The summed E-state index contributed by atoms with van der Waals surface area (Å²) in [6, 6.07) is 4.59. The minimum atomic E-state index is 0.825.